The van der Waals surface area contributed by atoms with E-state index in [1.54, 1.807) is 28.1 Å². The Bertz CT molecular complexity index is 1010. The molecule has 8 nitrogen and oxygen atoms in total. The predicted molar refractivity (Wildman–Crippen MR) is 108 cm³/mol. The molecule has 0 atom stereocenters. The molecule has 0 aliphatic carbocycles. The largest absolute Gasteiger partial charge is 0.339 e. The zero-order valence-corrected chi connectivity index (χ0v) is 17.4. The molecule has 10 heteroatoms. The van der Waals surface area contributed by atoms with E-state index in [1.165, 1.54) is 25.2 Å². The van der Waals surface area contributed by atoms with Crippen LogP contribution in [0.25, 0.3) is 0 Å². The number of carbonyl (C=O) groups excluding carboxylic acids is 2. The van der Waals surface area contributed by atoms with Crippen molar-refractivity contribution in [3.63, 3.8) is 0 Å². The number of benzene rings is 1. The quantitative estimate of drug-likeness (QED) is 0.758. The first-order valence-corrected chi connectivity index (χ1v) is 10.9. The smallest absolute Gasteiger partial charge is 0.255 e. The number of nitrogens with one attached hydrogen (secondary N) is 1. The van der Waals surface area contributed by atoms with E-state index in [4.69, 9.17) is 11.6 Å². The molecule has 0 unspecified atom stereocenters. The molecule has 1 aliphatic rings. The van der Waals surface area contributed by atoms with Gasteiger partial charge in [0, 0.05) is 38.1 Å². The number of sulfonamides is 1. The van der Waals surface area contributed by atoms with Crippen LogP contribution in [0.2, 0.25) is 5.02 Å². The number of rotatable bonds is 5. The van der Waals surface area contributed by atoms with Gasteiger partial charge < -0.3 is 9.80 Å². The summed E-state index contributed by atoms with van der Waals surface area (Å²) >= 11 is 6.14. The topological polar surface area (TPSA) is 99.7 Å². The molecule has 2 aromatic rings. The number of aromatic nitrogens is 1. The second-order valence-corrected chi connectivity index (χ2v) is 8.81. The lowest BCUT2D eigenvalue weighted by molar-refractivity contribution is -0.132. The highest BCUT2D eigenvalue weighted by Crippen LogP contribution is 2.22. The minimum absolute atomic E-state index is 0.0306. The van der Waals surface area contributed by atoms with Crippen molar-refractivity contribution in [2.24, 2.45) is 0 Å². The first kappa shape index (κ1) is 21.2. The number of amides is 2. The van der Waals surface area contributed by atoms with Crippen molar-refractivity contribution in [2.45, 2.75) is 11.3 Å². The number of piperazine rings is 1. The molecule has 1 N–H and O–H groups in total. The van der Waals surface area contributed by atoms with Gasteiger partial charge >= 0.3 is 0 Å². The van der Waals surface area contributed by atoms with E-state index >= 15 is 0 Å². The molecule has 1 fully saturated rings. The van der Waals surface area contributed by atoms with Crippen molar-refractivity contribution in [3.05, 3.63) is 58.9 Å². The molecule has 3 rings (SSSR count). The van der Waals surface area contributed by atoms with E-state index in [1.807, 2.05) is 6.07 Å². The lowest BCUT2D eigenvalue weighted by Crippen LogP contribution is -2.51. The van der Waals surface area contributed by atoms with Crippen molar-refractivity contribution in [1.29, 1.82) is 0 Å². The van der Waals surface area contributed by atoms with E-state index in [0.29, 0.717) is 31.9 Å². The highest BCUT2D eigenvalue weighted by Gasteiger charge is 2.27. The van der Waals surface area contributed by atoms with Gasteiger partial charge in [-0.25, -0.2) is 13.1 Å². The fraction of sp³-hybridized carbons (Fsp3) is 0.316. The van der Waals surface area contributed by atoms with E-state index in [-0.39, 0.29) is 33.7 Å². The maximum absolute atomic E-state index is 12.9. The van der Waals surface area contributed by atoms with Gasteiger partial charge in [0.2, 0.25) is 15.9 Å². The Morgan fingerprint density at radius 3 is 2.41 bits per heavy atom. The molecule has 2 heterocycles. The third-order valence-electron chi connectivity index (χ3n) is 4.73. The van der Waals surface area contributed by atoms with Crippen molar-refractivity contribution >= 4 is 33.4 Å². The fourth-order valence-corrected chi connectivity index (χ4v) is 4.01. The molecule has 2 amide bonds. The Morgan fingerprint density at radius 2 is 1.79 bits per heavy atom. The number of hydrogen-bond acceptors (Lipinski definition) is 5. The van der Waals surface area contributed by atoms with Crippen LogP contribution < -0.4 is 4.72 Å². The van der Waals surface area contributed by atoms with Crippen molar-refractivity contribution in [1.82, 2.24) is 19.5 Å². The number of nitrogens with zero attached hydrogens (tertiary/aromatic N) is 3. The zero-order chi connectivity index (χ0) is 21.0. The van der Waals surface area contributed by atoms with Crippen molar-refractivity contribution < 1.29 is 18.0 Å². The normalized spacial score (nSPS) is 14.7. The van der Waals surface area contributed by atoms with Crippen LogP contribution >= 0.6 is 11.6 Å². The SMILES string of the molecule is CNS(=O)(=O)c1ccc(Cl)c(C(=O)N2CCN(C(=O)Cc3ccccn3)CC2)c1. The monoisotopic (exact) mass is 436 g/mol. The highest BCUT2D eigenvalue weighted by molar-refractivity contribution is 7.89. The molecule has 1 aromatic carbocycles. The van der Waals surface area contributed by atoms with Crippen LogP contribution in [0.4, 0.5) is 0 Å². The van der Waals surface area contributed by atoms with Crippen LogP contribution in [0.5, 0.6) is 0 Å². The van der Waals surface area contributed by atoms with Crippen LogP contribution in [0.15, 0.2) is 47.5 Å². The maximum Gasteiger partial charge on any atom is 0.255 e. The molecule has 1 saturated heterocycles. The number of pyridine rings is 1. The molecule has 154 valence electrons. The lowest BCUT2D eigenvalue weighted by atomic mass is 10.1. The summed E-state index contributed by atoms with van der Waals surface area (Å²) < 4.78 is 26.2. The average molecular weight is 437 g/mol. The summed E-state index contributed by atoms with van der Waals surface area (Å²) in [4.78, 5) is 32.7. The summed E-state index contributed by atoms with van der Waals surface area (Å²) in [5.41, 5.74) is 0.821. The molecule has 1 aliphatic heterocycles. The molecule has 1 aromatic heterocycles. The van der Waals surface area contributed by atoms with Crippen molar-refractivity contribution in [3.8, 4) is 0 Å². The molecule has 0 bridgehead atoms. The van der Waals surface area contributed by atoms with Gasteiger partial charge in [0.15, 0.2) is 0 Å². The van der Waals surface area contributed by atoms with Crippen LogP contribution in [0.3, 0.4) is 0 Å². The molecule has 0 radical (unpaired) electrons. The molecular formula is C19H21ClN4O4S. The Morgan fingerprint density at radius 1 is 1.10 bits per heavy atom. The van der Waals surface area contributed by atoms with Gasteiger partial charge in [-0.3, -0.25) is 14.6 Å². The summed E-state index contributed by atoms with van der Waals surface area (Å²) in [7, 11) is -2.39. The number of halogens is 1. The Labute approximate surface area is 174 Å². The number of hydrogen-bond donors (Lipinski definition) is 1. The Kier molecular flexibility index (Phi) is 6.51. The van der Waals surface area contributed by atoms with Crippen LogP contribution in [0.1, 0.15) is 16.1 Å². The summed E-state index contributed by atoms with van der Waals surface area (Å²) in [6.07, 6.45) is 1.86. The van der Waals surface area contributed by atoms with E-state index in [9.17, 15) is 18.0 Å². The van der Waals surface area contributed by atoms with Gasteiger partial charge in [0.25, 0.3) is 5.91 Å². The minimum atomic E-state index is -3.69. The van der Waals surface area contributed by atoms with E-state index in [0.717, 1.165) is 0 Å². The molecule has 0 spiro atoms. The molecule has 0 saturated carbocycles. The minimum Gasteiger partial charge on any atom is -0.339 e. The second kappa shape index (κ2) is 8.89. The van der Waals surface area contributed by atoms with Gasteiger partial charge in [-0.2, -0.15) is 0 Å². The predicted octanol–water partition coefficient (Wildman–Crippen LogP) is 1.17. The molecule has 29 heavy (non-hydrogen) atoms. The Balaban J connectivity index is 1.66. The average Bonchev–Trinajstić information content (AvgIpc) is 2.74. The third-order valence-corrected chi connectivity index (χ3v) is 6.47. The summed E-state index contributed by atoms with van der Waals surface area (Å²) in [5.74, 6) is -0.407. The third kappa shape index (κ3) is 4.92. The van der Waals surface area contributed by atoms with E-state index in [2.05, 4.69) is 9.71 Å². The van der Waals surface area contributed by atoms with Crippen LogP contribution in [0, 0.1) is 0 Å². The highest BCUT2D eigenvalue weighted by atomic mass is 35.5. The first-order valence-electron chi connectivity index (χ1n) is 9.02. The van der Waals surface area contributed by atoms with Gasteiger partial charge in [0.05, 0.1) is 21.9 Å². The van der Waals surface area contributed by atoms with E-state index < -0.39 is 10.0 Å². The summed E-state index contributed by atoms with van der Waals surface area (Å²) in [6, 6.07) is 9.43. The summed E-state index contributed by atoms with van der Waals surface area (Å²) in [5, 5.41) is 0.179. The Hall–Kier alpha value is -2.49. The van der Waals surface area contributed by atoms with Gasteiger partial charge in [-0.1, -0.05) is 17.7 Å². The van der Waals surface area contributed by atoms with Crippen LogP contribution in [-0.2, 0) is 21.2 Å². The first-order chi connectivity index (χ1) is 13.8. The molecular weight excluding hydrogens is 416 g/mol. The standard InChI is InChI=1S/C19H21ClN4O4S/c1-21-29(27,28)15-5-6-17(20)16(13-15)19(26)24-10-8-23(9-11-24)18(25)12-14-4-2-3-7-22-14/h2-7,13,21H,8-12H2,1H3. The zero-order valence-electron chi connectivity index (χ0n) is 15.8. The lowest BCUT2D eigenvalue weighted by Gasteiger charge is -2.35. The van der Waals surface area contributed by atoms with Crippen LogP contribution in [-0.4, -0.2) is 68.2 Å². The summed E-state index contributed by atoms with van der Waals surface area (Å²) in [6.45, 7) is 1.46. The van der Waals surface area contributed by atoms with Gasteiger partial charge in [-0.05, 0) is 37.4 Å². The number of carbonyl (C=O) groups is 2. The second-order valence-electron chi connectivity index (χ2n) is 6.52. The fourth-order valence-electron chi connectivity index (χ4n) is 3.05. The maximum atomic E-state index is 12.9. The van der Waals surface area contributed by atoms with Gasteiger partial charge in [-0.15, -0.1) is 0 Å². The van der Waals surface area contributed by atoms with Gasteiger partial charge in [0.1, 0.15) is 0 Å². The van der Waals surface area contributed by atoms with Crippen molar-refractivity contribution in [2.75, 3.05) is 33.2 Å².